The number of piperazine rings is 1. The molecule has 5 rings (SSSR count). The van der Waals surface area contributed by atoms with Crippen LogP contribution in [0.3, 0.4) is 0 Å². The molecule has 2 saturated heterocycles. The van der Waals surface area contributed by atoms with Gasteiger partial charge in [0.05, 0.1) is 5.69 Å². The van der Waals surface area contributed by atoms with Gasteiger partial charge < -0.3 is 20.3 Å². The number of aromatic nitrogens is 2. The highest BCUT2D eigenvalue weighted by atomic mass is 16.5. The monoisotopic (exact) mass is 471 g/mol. The predicted molar refractivity (Wildman–Crippen MR) is 140 cm³/mol. The van der Waals surface area contributed by atoms with Gasteiger partial charge in [0.1, 0.15) is 11.6 Å². The van der Waals surface area contributed by atoms with Gasteiger partial charge in [0.25, 0.3) is 0 Å². The number of pyridine rings is 2. The van der Waals surface area contributed by atoms with Crippen molar-refractivity contribution in [2.24, 2.45) is 5.92 Å². The third-order valence-electron chi connectivity index (χ3n) is 6.94. The molecule has 0 saturated carbocycles. The first-order valence-corrected chi connectivity index (χ1v) is 12.5. The normalized spacial score (nSPS) is 16.8. The van der Waals surface area contributed by atoms with E-state index in [0.717, 1.165) is 91.9 Å². The molecule has 2 aromatic heterocycles. The first kappa shape index (κ1) is 23.5. The zero-order valence-corrected chi connectivity index (χ0v) is 20.3. The summed E-state index contributed by atoms with van der Waals surface area (Å²) in [5.74, 6) is 2.35. The second-order valence-corrected chi connectivity index (χ2v) is 9.33. The molecule has 7 heteroatoms. The van der Waals surface area contributed by atoms with Crippen LogP contribution in [0.2, 0.25) is 0 Å². The second-order valence-electron chi connectivity index (χ2n) is 9.33. The SMILES string of the molecule is Cc1c(Nc2cc(-c3cccc(N4CCNCC4)n3)ccn2)cccc1C(=O)CC1CCOCC1. The lowest BCUT2D eigenvalue weighted by molar-refractivity contribution is 0.0601. The van der Waals surface area contributed by atoms with Gasteiger partial charge in [-0.3, -0.25) is 4.79 Å². The molecule has 0 aliphatic carbocycles. The highest BCUT2D eigenvalue weighted by Gasteiger charge is 2.20. The number of ether oxygens (including phenoxy) is 1. The Morgan fingerprint density at radius 2 is 1.91 bits per heavy atom. The quantitative estimate of drug-likeness (QED) is 0.487. The van der Waals surface area contributed by atoms with E-state index in [9.17, 15) is 4.79 Å². The van der Waals surface area contributed by atoms with Crippen LogP contribution in [0.15, 0.2) is 54.7 Å². The molecule has 0 atom stereocenters. The summed E-state index contributed by atoms with van der Waals surface area (Å²) < 4.78 is 5.44. The van der Waals surface area contributed by atoms with Crippen molar-refractivity contribution >= 4 is 23.1 Å². The fourth-order valence-electron chi connectivity index (χ4n) is 4.85. The number of ketones is 1. The lowest BCUT2D eigenvalue weighted by Crippen LogP contribution is -2.43. The molecule has 7 nitrogen and oxygen atoms in total. The van der Waals surface area contributed by atoms with Gasteiger partial charge in [-0.2, -0.15) is 0 Å². The van der Waals surface area contributed by atoms with Crippen LogP contribution in [0.4, 0.5) is 17.3 Å². The van der Waals surface area contributed by atoms with Crippen LogP contribution in [0.5, 0.6) is 0 Å². The Bertz CT molecular complexity index is 1170. The zero-order valence-electron chi connectivity index (χ0n) is 20.3. The van der Waals surface area contributed by atoms with E-state index in [0.29, 0.717) is 12.3 Å². The minimum atomic E-state index is 0.202. The third-order valence-corrected chi connectivity index (χ3v) is 6.94. The van der Waals surface area contributed by atoms with Crippen LogP contribution < -0.4 is 15.5 Å². The van der Waals surface area contributed by atoms with Crippen molar-refractivity contribution in [1.29, 1.82) is 0 Å². The number of benzene rings is 1. The average molecular weight is 472 g/mol. The van der Waals surface area contributed by atoms with Crippen LogP contribution in [-0.4, -0.2) is 55.1 Å². The Morgan fingerprint density at radius 1 is 1.11 bits per heavy atom. The maximum atomic E-state index is 13.0. The van der Waals surface area contributed by atoms with E-state index in [1.807, 2.05) is 43.3 Å². The van der Waals surface area contributed by atoms with Crippen LogP contribution in [0.25, 0.3) is 11.3 Å². The van der Waals surface area contributed by atoms with Crippen LogP contribution in [0.1, 0.15) is 35.2 Å². The molecule has 0 bridgehead atoms. The second kappa shape index (κ2) is 11.0. The summed E-state index contributed by atoms with van der Waals surface area (Å²) in [4.78, 5) is 24.8. The molecule has 2 N–H and O–H groups in total. The number of hydrogen-bond acceptors (Lipinski definition) is 7. The predicted octanol–water partition coefficient (Wildman–Crippen LogP) is 4.60. The van der Waals surface area contributed by atoms with E-state index in [4.69, 9.17) is 9.72 Å². The van der Waals surface area contributed by atoms with Crippen molar-refractivity contribution in [1.82, 2.24) is 15.3 Å². The minimum Gasteiger partial charge on any atom is -0.381 e. The minimum absolute atomic E-state index is 0.202. The van der Waals surface area contributed by atoms with Gasteiger partial charge in [-0.15, -0.1) is 0 Å². The van der Waals surface area contributed by atoms with Gasteiger partial charge in [-0.25, -0.2) is 9.97 Å². The number of anilines is 3. The standard InChI is InChI=1S/C28H33N5O2/c1-20-23(26(34)18-21-9-16-35-17-10-21)4-2-5-24(20)31-27-19-22(8-11-30-27)25-6-3-7-28(32-25)33-14-12-29-13-15-33/h2-8,11,19,21,29H,9-10,12-18H2,1H3,(H,30,31). The largest absolute Gasteiger partial charge is 0.381 e. The van der Waals surface area contributed by atoms with Crippen molar-refractivity contribution in [3.63, 3.8) is 0 Å². The maximum Gasteiger partial charge on any atom is 0.163 e. The molecule has 1 aromatic carbocycles. The smallest absolute Gasteiger partial charge is 0.163 e. The van der Waals surface area contributed by atoms with E-state index in [1.54, 1.807) is 6.20 Å². The molecule has 0 spiro atoms. The summed E-state index contributed by atoms with van der Waals surface area (Å²) in [7, 11) is 0. The van der Waals surface area contributed by atoms with E-state index in [-0.39, 0.29) is 5.78 Å². The first-order valence-electron chi connectivity index (χ1n) is 12.5. The van der Waals surface area contributed by atoms with Crippen molar-refractivity contribution in [2.75, 3.05) is 49.6 Å². The fourth-order valence-corrected chi connectivity index (χ4v) is 4.85. The Hall–Kier alpha value is -3.29. The number of Topliss-reactive ketones (excluding diaryl/α,β-unsaturated/α-hetero) is 1. The van der Waals surface area contributed by atoms with E-state index in [1.165, 1.54) is 0 Å². The van der Waals surface area contributed by atoms with Gasteiger partial charge >= 0.3 is 0 Å². The van der Waals surface area contributed by atoms with E-state index >= 15 is 0 Å². The molecule has 2 aliphatic heterocycles. The van der Waals surface area contributed by atoms with Crippen molar-refractivity contribution in [3.05, 3.63) is 65.9 Å². The molecule has 182 valence electrons. The molecule has 0 amide bonds. The lowest BCUT2D eigenvalue weighted by Gasteiger charge is -2.28. The van der Waals surface area contributed by atoms with Gasteiger partial charge in [-0.05, 0) is 61.6 Å². The molecular formula is C28H33N5O2. The summed E-state index contributed by atoms with van der Waals surface area (Å²) in [6, 6.07) is 16.0. The third kappa shape index (κ3) is 5.69. The highest BCUT2D eigenvalue weighted by Crippen LogP contribution is 2.28. The summed E-state index contributed by atoms with van der Waals surface area (Å²) in [6.07, 6.45) is 4.30. The average Bonchev–Trinajstić information content (AvgIpc) is 2.91. The Balaban J connectivity index is 1.33. The fraction of sp³-hybridized carbons (Fsp3) is 0.393. The summed E-state index contributed by atoms with van der Waals surface area (Å²) in [5.41, 5.74) is 4.56. The van der Waals surface area contributed by atoms with Crippen LogP contribution in [0, 0.1) is 12.8 Å². The van der Waals surface area contributed by atoms with E-state index < -0.39 is 0 Å². The first-order chi connectivity index (χ1) is 17.2. The Kier molecular flexibility index (Phi) is 7.35. The zero-order chi connectivity index (χ0) is 24.0. The van der Waals surface area contributed by atoms with Crippen LogP contribution in [-0.2, 0) is 4.74 Å². The Morgan fingerprint density at radius 3 is 2.74 bits per heavy atom. The van der Waals surface area contributed by atoms with Crippen molar-refractivity contribution in [2.45, 2.75) is 26.2 Å². The highest BCUT2D eigenvalue weighted by molar-refractivity contribution is 5.99. The van der Waals surface area contributed by atoms with Crippen molar-refractivity contribution < 1.29 is 9.53 Å². The van der Waals surface area contributed by atoms with Gasteiger partial charge in [0.2, 0.25) is 0 Å². The molecular weight excluding hydrogens is 438 g/mol. The summed E-state index contributed by atoms with van der Waals surface area (Å²) in [5, 5.41) is 6.81. The number of rotatable bonds is 7. The summed E-state index contributed by atoms with van der Waals surface area (Å²) in [6.45, 7) is 7.39. The van der Waals surface area contributed by atoms with E-state index in [2.05, 4.69) is 32.7 Å². The molecule has 2 aliphatic rings. The number of nitrogens with zero attached hydrogens (tertiary/aromatic N) is 3. The number of nitrogens with one attached hydrogen (secondary N) is 2. The van der Waals surface area contributed by atoms with Gasteiger partial charge in [0.15, 0.2) is 5.78 Å². The maximum absolute atomic E-state index is 13.0. The molecule has 2 fully saturated rings. The number of carbonyl (C=O) groups excluding carboxylic acids is 1. The molecule has 35 heavy (non-hydrogen) atoms. The molecule has 0 unspecified atom stereocenters. The molecule has 3 aromatic rings. The molecule has 4 heterocycles. The number of hydrogen-bond donors (Lipinski definition) is 2. The number of carbonyl (C=O) groups is 1. The topological polar surface area (TPSA) is 79.4 Å². The summed E-state index contributed by atoms with van der Waals surface area (Å²) >= 11 is 0. The van der Waals surface area contributed by atoms with Crippen molar-refractivity contribution in [3.8, 4) is 11.3 Å². The lowest BCUT2D eigenvalue weighted by atomic mass is 9.90. The molecule has 0 radical (unpaired) electrons. The van der Waals surface area contributed by atoms with Crippen LogP contribution >= 0.6 is 0 Å². The Labute approximate surface area is 206 Å². The van der Waals surface area contributed by atoms with Gasteiger partial charge in [0, 0.05) is 68.8 Å². The van der Waals surface area contributed by atoms with Gasteiger partial charge in [-0.1, -0.05) is 18.2 Å².